The summed E-state index contributed by atoms with van der Waals surface area (Å²) >= 11 is 6.15. The first-order valence-corrected chi connectivity index (χ1v) is 6.18. The number of ether oxygens (including phenoxy) is 1. The minimum absolute atomic E-state index is 0.185. The second-order valence-corrected chi connectivity index (χ2v) is 4.28. The maximum absolute atomic E-state index is 11.8. The molecule has 0 saturated heterocycles. The number of halogens is 1. The Kier molecular flexibility index (Phi) is 2.83. The van der Waals surface area contributed by atoms with E-state index >= 15 is 0 Å². The second-order valence-electron chi connectivity index (χ2n) is 3.92. The summed E-state index contributed by atoms with van der Waals surface area (Å²) in [5.41, 5.74) is 2.24. The molecule has 6 heteroatoms. The molecule has 2 aromatic heterocycles. The number of esters is 1. The summed E-state index contributed by atoms with van der Waals surface area (Å²) in [7, 11) is 0. The molecule has 5 nitrogen and oxygen atoms in total. The normalized spacial score (nSPS) is 11.1. The first-order valence-electron chi connectivity index (χ1n) is 5.80. The van der Waals surface area contributed by atoms with Gasteiger partial charge >= 0.3 is 5.97 Å². The highest BCUT2D eigenvalue weighted by Crippen LogP contribution is 2.24. The molecular weight excluding hydrogens is 266 g/mol. The van der Waals surface area contributed by atoms with Crippen molar-refractivity contribution in [1.82, 2.24) is 14.4 Å². The van der Waals surface area contributed by atoms with Gasteiger partial charge in [-0.2, -0.15) is 0 Å². The number of benzene rings is 1. The molecule has 0 aliphatic carbocycles. The summed E-state index contributed by atoms with van der Waals surface area (Å²) in [5.74, 6) is -0.496. The van der Waals surface area contributed by atoms with Crippen molar-refractivity contribution in [3.05, 3.63) is 41.4 Å². The number of carbonyl (C=O) groups excluding carboxylic acids is 1. The summed E-state index contributed by atoms with van der Waals surface area (Å²) in [6.07, 6.45) is 1.55. The van der Waals surface area contributed by atoms with Crippen LogP contribution in [0, 0.1) is 0 Å². The van der Waals surface area contributed by atoms with E-state index in [9.17, 15) is 4.79 Å². The molecule has 0 aliphatic heterocycles. The number of rotatable bonds is 2. The third-order valence-corrected chi connectivity index (χ3v) is 3.06. The minimum atomic E-state index is -0.496. The molecule has 3 aromatic rings. The molecule has 0 bridgehead atoms. The molecule has 96 valence electrons. The van der Waals surface area contributed by atoms with Crippen LogP contribution in [0.25, 0.3) is 16.6 Å². The first-order chi connectivity index (χ1) is 9.22. The first kappa shape index (κ1) is 11.9. The van der Waals surface area contributed by atoms with E-state index in [0.717, 1.165) is 11.0 Å². The maximum Gasteiger partial charge on any atom is 0.359 e. The average Bonchev–Trinajstić information content (AvgIpc) is 2.85. The predicted octanol–water partition coefficient (Wildman–Crippen LogP) is 2.71. The van der Waals surface area contributed by atoms with Gasteiger partial charge in [0.1, 0.15) is 11.8 Å². The van der Waals surface area contributed by atoms with Gasteiger partial charge in [-0.1, -0.05) is 23.7 Å². The summed E-state index contributed by atoms with van der Waals surface area (Å²) in [4.78, 5) is 20.2. The smallest absolute Gasteiger partial charge is 0.359 e. The highest BCUT2D eigenvalue weighted by atomic mass is 35.5. The number of imidazole rings is 1. The van der Waals surface area contributed by atoms with Crippen molar-refractivity contribution >= 4 is 34.1 Å². The van der Waals surface area contributed by atoms with Crippen molar-refractivity contribution < 1.29 is 9.53 Å². The van der Waals surface area contributed by atoms with Gasteiger partial charge in [-0.05, 0) is 19.1 Å². The Morgan fingerprint density at radius 2 is 2.21 bits per heavy atom. The Morgan fingerprint density at radius 1 is 1.42 bits per heavy atom. The van der Waals surface area contributed by atoms with E-state index in [2.05, 4.69) is 9.97 Å². The Hall–Kier alpha value is -2.14. The van der Waals surface area contributed by atoms with Crippen LogP contribution in [-0.2, 0) is 4.74 Å². The quantitative estimate of drug-likeness (QED) is 0.675. The fourth-order valence-electron chi connectivity index (χ4n) is 2.00. The molecule has 0 amide bonds. The van der Waals surface area contributed by atoms with Gasteiger partial charge in [-0.15, -0.1) is 0 Å². The number of carbonyl (C=O) groups is 1. The standard InChI is InChI=1S/C13H10ClN3O2/c1-2-19-13(18)10-11-12(14)16-8-5-3-4-6-9(8)17(11)7-15-10/h3-7H,2H2,1H3. The number of aromatic nitrogens is 3. The molecule has 1 aromatic carbocycles. The topological polar surface area (TPSA) is 56.5 Å². The molecule has 0 radical (unpaired) electrons. The van der Waals surface area contributed by atoms with Crippen molar-refractivity contribution in [2.24, 2.45) is 0 Å². The molecule has 2 heterocycles. The van der Waals surface area contributed by atoms with Crippen LogP contribution in [0.2, 0.25) is 5.15 Å². The zero-order chi connectivity index (χ0) is 13.4. The van der Waals surface area contributed by atoms with Crippen molar-refractivity contribution in [2.45, 2.75) is 6.92 Å². The number of hydrogen-bond donors (Lipinski definition) is 0. The van der Waals surface area contributed by atoms with Crippen LogP contribution in [-0.4, -0.2) is 26.9 Å². The van der Waals surface area contributed by atoms with Gasteiger partial charge < -0.3 is 4.74 Å². The van der Waals surface area contributed by atoms with E-state index < -0.39 is 5.97 Å². The van der Waals surface area contributed by atoms with Crippen molar-refractivity contribution in [3.8, 4) is 0 Å². The third-order valence-electron chi connectivity index (χ3n) is 2.79. The number of fused-ring (bicyclic) bond motifs is 3. The minimum Gasteiger partial charge on any atom is -0.461 e. The zero-order valence-corrected chi connectivity index (χ0v) is 10.9. The van der Waals surface area contributed by atoms with E-state index in [1.807, 2.05) is 24.3 Å². The summed E-state index contributed by atoms with van der Waals surface area (Å²) in [5, 5.41) is 0.235. The lowest BCUT2D eigenvalue weighted by Crippen LogP contribution is -2.06. The Bertz CT molecular complexity index is 782. The average molecular weight is 276 g/mol. The molecule has 3 rings (SSSR count). The van der Waals surface area contributed by atoms with E-state index in [1.165, 1.54) is 0 Å². The Labute approximate surface area is 113 Å². The van der Waals surface area contributed by atoms with E-state index in [4.69, 9.17) is 16.3 Å². The van der Waals surface area contributed by atoms with Crippen LogP contribution in [0.15, 0.2) is 30.6 Å². The van der Waals surface area contributed by atoms with Gasteiger partial charge in [0.2, 0.25) is 0 Å². The molecule has 0 atom stereocenters. The number of hydrogen-bond acceptors (Lipinski definition) is 4. The molecule has 0 saturated carbocycles. The van der Waals surface area contributed by atoms with Gasteiger partial charge in [0, 0.05) is 0 Å². The largest absolute Gasteiger partial charge is 0.461 e. The predicted molar refractivity (Wildman–Crippen MR) is 71.5 cm³/mol. The molecule has 19 heavy (non-hydrogen) atoms. The van der Waals surface area contributed by atoms with Crippen LogP contribution in [0.1, 0.15) is 17.4 Å². The summed E-state index contributed by atoms with van der Waals surface area (Å²) < 4.78 is 6.71. The van der Waals surface area contributed by atoms with Gasteiger partial charge in [-0.3, -0.25) is 4.40 Å². The molecule has 0 fully saturated rings. The summed E-state index contributed by atoms with van der Waals surface area (Å²) in [6.45, 7) is 2.03. The third kappa shape index (κ3) is 1.82. The molecule has 0 spiro atoms. The van der Waals surface area contributed by atoms with E-state index in [-0.39, 0.29) is 17.5 Å². The molecule has 0 aliphatic rings. The Balaban J connectivity index is 2.34. The van der Waals surface area contributed by atoms with E-state index in [0.29, 0.717) is 5.52 Å². The lowest BCUT2D eigenvalue weighted by Gasteiger charge is -2.04. The van der Waals surface area contributed by atoms with Crippen LogP contribution in [0.3, 0.4) is 0 Å². The van der Waals surface area contributed by atoms with Crippen LogP contribution < -0.4 is 0 Å². The highest BCUT2D eigenvalue weighted by Gasteiger charge is 2.19. The number of nitrogens with zero attached hydrogens (tertiary/aromatic N) is 3. The lowest BCUT2D eigenvalue weighted by molar-refractivity contribution is 0.0522. The van der Waals surface area contributed by atoms with Crippen molar-refractivity contribution in [1.29, 1.82) is 0 Å². The molecular formula is C13H10ClN3O2. The number of para-hydroxylation sites is 2. The second kappa shape index (κ2) is 4.51. The van der Waals surface area contributed by atoms with Gasteiger partial charge in [0.05, 0.1) is 17.6 Å². The van der Waals surface area contributed by atoms with E-state index in [1.54, 1.807) is 17.7 Å². The zero-order valence-electron chi connectivity index (χ0n) is 10.1. The highest BCUT2D eigenvalue weighted by molar-refractivity contribution is 6.33. The fourth-order valence-corrected chi connectivity index (χ4v) is 2.27. The molecule has 0 N–H and O–H groups in total. The lowest BCUT2D eigenvalue weighted by atomic mass is 10.3. The Morgan fingerprint density at radius 3 is 3.00 bits per heavy atom. The van der Waals surface area contributed by atoms with Crippen molar-refractivity contribution in [3.63, 3.8) is 0 Å². The van der Waals surface area contributed by atoms with Gasteiger partial charge in [0.25, 0.3) is 0 Å². The van der Waals surface area contributed by atoms with Gasteiger partial charge in [0.15, 0.2) is 10.8 Å². The van der Waals surface area contributed by atoms with Crippen LogP contribution in [0.5, 0.6) is 0 Å². The fraction of sp³-hybridized carbons (Fsp3) is 0.154. The van der Waals surface area contributed by atoms with Gasteiger partial charge in [-0.25, -0.2) is 14.8 Å². The van der Waals surface area contributed by atoms with Crippen LogP contribution in [0.4, 0.5) is 0 Å². The SMILES string of the molecule is CCOC(=O)c1ncn2c1c(Cl)nc1ccccc12. The van der Waals surface area contributed by atoms with Crippen LogP contribution >= 0.6 is 11.6 Å². The molecule has 0 unspecified atom stereocenters. The monoisotopic (exact) mass is 275 g/mol. The van der Waals surface area contributed by atoms with Crippen molar-refractivity contribution in [2.75, 3.05) is 6.61 Å². The maximum atomic E-state index is 11.8. The summed E-state index contributed by atoms with van der Waals surface area (Å²) in [6, 6.07) is 7.51.